The number of methoxy groups -OCH3 is 1. The molecule has 3 heterocycles. The van der Waals surface area contributed by atoms with Crippen LogP contribution in [0.5, 0.6) is 0 Å². The summed E-state index contributed by atoms with van der Waals surface area (Å²) < 4.78 is 15.2. The molecule has 196 valence electrons. The zero-order valence-electron chi connectivity index (χ0n) is 21.0. The Morgan fingerprint density at radius 3 is 2.51 bits per heavy atom. The number of hydrogen-bond donors (Lipinski definition) is 2. The predicted molar refractivity (Wildman–Crippen MR) is 135 cm³/mol. The Balaban J connectivity index is 1.73. The molecular formula is C23H35N3O7S2. The number of esters is 3. The van der Waals surface area contributed by atoms with Crippen molar-refractivity contribution in [3.63, 3.8) is 0 Å². The molecule has 12 heteroatoms. The lowest BCUT2D eigenvalue weighted by molar-refractivity contribution is -0.171. The van der Waals surface area contributed by atoms with E-state index in [1.54, 1.807) is 44.3 Å². The smallest absolute Gasteiger partial charge is 0.358 e. The standard InChI is InChI=1S/C23H35N3O7S2/c1-12-16(15(13(2)27)19(28)31-6)25-17(20(29)32-11-33-21(30)23(3,4)5)18(12)35-14-9-26(10-14)22-24-7-8-34-22/h12-16,25,27H,7-11H2,1-6H3/t12-,13-,15-,16-/m1/s1. The van der Waals surface area contributed by atoms with Crippen molar-refractivity contribution in [3.8, 4) is 0 Å². The summed E-state index contributed by atoms with van der Waals surface area (Å²) in [5, 5.41) is 14.7. The van der Waals surface area contributed by atoms with Gasteiger partial charge in [-0.2, -0.15) is 0 Å². The number of aliphatic hydroxyl groups is 1. The molecule has 1 fully saturated rings. The Labute approximate surface area is 214 Å². The number of thioether (sulfide) groups is 2. The molecule has 0 aromatic heterocycles. The van der Waals surface area contributed by atoms with Crippen LogP contribution < -0.4 is 5.32 Å². The molecule has 3 aliphatic heterocycles. The summed E-state index contributed by atoms with van der Waals surface area (Å²) in [4.78, 5) is 44.9. The molecular weight excluding hydrogens is 494 g/mol. The van der Waals surface area contributed by atoms with E-state index < -0.39 is 48.2 Å². The monoisotopic (exact) mass is 529 g/mol. The molecule has 3 rings (SSSR count). The van der Waals surface area contributed by atoms with Crippen LogP contribution in [0.2, 0.25) is 0 Å². The van der Waals surface area contributed by atoms with Gasteiger partial charge in [0.1, 0.15) is 11.6 Å². The van der Waals surface area contributed by atoms with Gasteiger partial charge in [-0.3, -0.25) is 14.6 Å². The van der Waals surface area contributed by atoms with Gasteiger partial charge in [0.15, 0.2) is 5.17 Å². The molecule has 35 heavy (non-hydrogen) atoms. The number of nitrogens with one attached hydrogen (secondary N) is 1. The van der Waals surface area contributed by atoms with Crippen LogP contribution in [0.1, 0.15) is 34.6 Å². The van der Waals surface area contributed by atoms with Gasteiger partial charge in [-0.1, -0.05) is 18.7 Å². The molecule has 0 aromatic carbocycles. The third kappa shape index (κ3) is 6.45. The van der Waals surface area contributed by atoms with Crippen molar-refractivity contribution < 1.29 is 33.7 Å². The summed E-state index contributed by atoms with van der Waals surface area (Å²) in [6, 6.07) is -0.560. The molecule has 10 nitrogen and oxygen atoms in total. The average molecular weight is 530 g/mol. The van der Waals surface area contributed by atoms with Crippen LogP contribution in [0.3, 0.4) is 0 Å². The number of rotatable bonds is 8. The number of hydrogen-bond acceptors (Lipinski definition) is 12. The summed E-state index contributed by atoms with van der Waals surface area (Å²) in [5.41, 5.74) is -0.499. The molecule has 0 amide bonds. The van der Waals surface area contributed by atoms with E-state index in [4.69, 9.17) is 14.2 Å². The summed E-state index contributed by atoms with van der Waals surface area (Å²) in [7, 11) is 1.27. The summed E-state index contributed by atoms with van der Waals surface area (Å²) >= 11 is 3.32. The highest BCUT2D eigenvalue weighted by Crippen LogP contribution is 2.43. The van der Waals surface area contributed by atoms with Crippen LogP contribution in [-0.4, -0.2) is 89.8 Å². The molecule has 0 bridgehead atoms. The van der Waals surface area contributed by atoms with Crippen LogP contribution in [0.15, 0.2) is 15.6 Å². The number of carbonyl (C=O) groups excluding carboxylic acids is 3. The first-order valence-electron chi connectivity index (χ1n) is 11.6. The molecule has 0 aliphatic carbocycles. The van der Waals surface area contributed by atoms with Gasteiger partial charge in [-0.25, -0.2) is 4.79 Å². The van der Waals surface area contributed by atoms with Gasteiger partial charge in [-0.05, 0) is 27.7 Å². The minimum Gasteiger partial charge on any atom is -0.469 e. The Morgan fingerprint density at radius 2 is 1.97 bits per heavy atom. The van der Waals surface area contributed by atoms with Gasteiger partial charge in [0.2, 0.25) is 6.79 Å². The van der Waals surface area contributed by atoms with Gasteiger partial charge in [0, 0.05) is 41.0 Å². The van der Waals surface area contributed by atoms with Gasteiger partial charge in [0.25, 0.3) is 0 Å². The van der Waals surface area contributed by atoms with Crippen molar-refractivity contribution >= 4 is 46.6 Å². The van der Waals surface area contributed by atoms with Crippen LogP contribution in [-0.2, 0) is 28.6 Å². The van der Waals surface area contributed by atoms with E-state index in [2.05, 4.69) is 15.2 Å². The first-order valence-corrected chi connectivity index (χ1v) is 13.5. The molecule has 0 unspecified atom stereocenters. The van der Waals surface area contributed by atoms with E-state index in [1.807, 2.05) is 6.92 Å². The lowest BCUT2D eigenvalue weighted by Crippen LogP contribution is -2.51. The van der Waals surface area contributed by atoms with Crippen molar-refractivity contribution in [1.82, 2.24) is 10.2 Å². The van der Waals surface area contributed by atoms with Crippen LogP contribution in [0, 0.1) is 17.3 Å². The maximum atomic E-state index is 13.0. The zero-order valence-corrected chi connectivity index (χ0v) is 22.7. The third-order valence-electron chi connectivity index (χ3n) is 6.07. The summed E-state index contributed by atoms with van der Waals surface area (Å²) in [6.45, 7) is 10.5. The van der Waals surface area contributed by atoms with Crippen molar-refractivity contribution in [1.29, 1.82) is 0 Å². The fourth-order valence-electron chi connectivity index (χ4n) is 4.05. The maximum Gasteiger partial charge on any atom is 0.358 e. The number of ether oxygens (including phenoxy) is 3. The minimum absolute atomic E-state index is 0.222. The van der Waals surface area contributed by atoms with Crippen LogP contribution >= 0.6 is 23.5 Å². The second-order valence-electron chi connectivity index (χ2n) is 9.88. The second kappa shape index (κ2) is 11.4. The molecule has 0 saturated carbocycles. The number of aliphatic hydroxyl groups excluding tert-OH is 1. The molecule has 4 atom stereocenters. The minimum atomic E-state index is -0.992. The zero-order chi connectivity index (χ0) is 25.9. The Hall–Kier alpha value is -1.92. The summed E-state index contributed by atoms with van der Waals surface area (Å²) in [5.74, 6) is -1.86. The van der Waals surface area contributed by atoms with Gasteiger partial charge >= 0.3 is 17.9 Å². The van der Waals surface area contributed by atoms with Crippen LogP contribution in [0.4, 0.5) is 0 Å². The highest BCUT2D eigenvalue weighted by atomic mass is 32.2. The molecule has 3 aliphatic rings. The first kappa shape index (κ1) is 27.7. The van der Waals surface area contributed by atoms with Crippen molar-refractivity contribution in [2.24, 2.45) is 22.2 Å². The normalized spacial score (nSPS) is 24.3. The number of carbonyl (C=O) groups is 3. The average Bonchev–Trinajstić information content (AvgIpc) is 3.38. The van der Waals surface area contributed by atoms with E-state index in [0.717, 1.165) is 35.5 Å². The Kier molecular flexibility index (Phi) is 9.03. The lowest BCUT2D eigenvalue weighted by atomic mass is 9.87. The number of aliphatic imine (C=N–C) groups is 1. The molecule has 1 saturated heterocycles. The predicted octanol–water partition coefficient (Wildman–Crippen LogP) is 1.59. The number of nitrogens with zero attached hydrogens (tertiary/aromatic N) is 2. The fourth-order valence-corrected chi connectivity index (χ4v) is 6.42. The second-order valence-corrected chi connectivity index (χ2v) is 12.3. The van der Waals surface area contributed by atoms with Gasteiger partial charge < -0.3 is 29.5 Å². The van der Waals surface area contributed by atoms with E-state index >= 15 is 0 Å². The largest absolute Gasteiger partial charge is 0.469 e. The highest BCUT2D eigenvalue weighted by Gasteiger charge is 2.46. The molecule has 0 aromatic rings. The number of amidine groups is 1. The molecule has 0 radical (unpaired) electrons. The van der Waals surface area contributed by atoms with Gasteiger partial charge in [-0.15, -0.1) is 11.8 Å². The first-order chi connectivity index (χ1) is 16.4. The van der Waals surface area contributed by atoms with Crippen LogP contribution in [0.25, 0.3) is 0 Å². The van der Waals surface area contributed by atoms with E-state index in [0.29, 0.717) is 0 Å². The van der Waals surface area contributed by atoms with E-state index in [1.165, 1.54) is 14.0 Å². The Morgan fingerprint density at radius 1 is 1.29 bits per heavy atom. The topological polar surface area (TPSA) is 127 Å². The lowest BCUT2D eigenvalue weighted by Gasteiger charge is -2.40. The highest BCUT2D eigenvalue weighted by molar-refractivity contribution is 8.14. The Bertz CT molecular complexity index is 894. The molecule has 0 spiro atoms. The summed E-state index contributed by atoms with van der Waals surface area (Å²) in [6.07, 6.45) is -0.992. The maximum absolute atomic E-state index is 13.0. The SMILES string of the molecule is COC(=O)[C@@H]([C@@H]1NC(C(=O)OCOC(=O)C(C)(C)C)=C(SC2CN(C3=NCCS3)C2)[C@@H]1C)[C@@H](C)O. The van der Waals surface area contributed by atoms with E-state index in [9.17, 15) is 19.5 Å². The fraction of sp³-hybridized carbons (Fsp3) is 0.739. The van der Waals surface area contributed by atoms with Crippen molar-refractivity contribution in [3.05, 3.63) is 10.6 Å². The quantitative estimate of drug-likeness (QED) is 0.351. The van der Waals surface area contributed by atoms with Crippen molar-refractivity contribution in [2.75, 3.05) is 39.3 Å². The van der Waals surface area contributed by atoms with Gasteiger partial charge in [0.05, 0.1) is 25.2 Å². The van der Waals surface area contributed by atoms with E-state index in [-0.39, 0.29) is 16.9 Å². The van der Waals surface area contributed by atoms with Crippen molar-refractivity contribution in [2.45, 2.75) is 52.0 Å². The third-order valence-corrected chi connectivity index (χ3v) is 8.56. The number of likely N-dealkylation sites (tertiary alicyclic amines) is 1. The molecule has 2 N–H and O–H groups in total.